The predicted molar refractivity (Wildman–Crippen MR) is 72.7 cm³/mol. The number of nitrogens with zero attached hydrogens (tertiary/aromatic N) is 3. The van der Waals surface area contributed by atoms with Gasteiger partial charge in [0.15, 0.2) is 5.82 Å². The summed E-state index contributed by atoms with van der Waals surface area (Å²) in [6.07, 6.45) is 8.83. The Balaban J connectivity index is 1.59. The van der Waals surface area contributed by atoms with E-state index in [9.17, 15) is 0 Å². The van der Waals surface area contributed by atoms with Gasteiger partial charge in [-0.1, -0.05) is 24.4 Å². The molecule has 1 unspecified atom stereocenters. The summed E-state index contributed by atoms with van der Waals surface area (Å²) in [5.41, 5.74) is 6.19. The molecular weight excluding hydrogens is 240 g/mol. The van der Waals surface area contributed by atoms with Gasteiger partial charge in [-0.25, -0.2) is 0 Å². The molecule has 1 saturated heterocycles. The fourth-order valence-corrected chi connectivity index (χ4v) is 3.24. The molecule has 0 amide bonds. The van der Waals surface area contributed by atoms with Crippen molar-refractivity contribution in [1.29, 1.82) is 0 Å². The molecule has 1 aliphatic heterocycles. The highest BCUT2D eigenvalue weighted by atomic mass is 16.5. The summed E-state index contributed by atoms with van der Waals surface area (Å²) in [7, 11) is 0. The summed E-state index contributed by atoms with van der Waals surface area (Å²) in [5, 5.41) is 4.10. The number of hydrogen-bond donors (Lipinski definition) is 1. The first-order valence-electron chi connectivity index (χ1n) is 7.64. The van der Waals surface area contributed by atoms with Gasteiger partial charge in [0, 0.05) is 12.5 Å². The largest absolute Gasteiger partial charge is 0.339 e. The molecule has 0 aromatic carbocycles. The van der Waals surface area contributed by atoms with E-state index in [1.54, 1.807) is 0 Å². The van der Waals surface area contributed by atoms with Crippen LogP contribution in [0.2, 0.25) is 0 Å². The van der Waals surface area contributed by atoms with Crippen molar-refractivity contribution in [2.75, 3.05) is 19.6 Å². The van der Waals surface area contributed by atoms with E-state index in [2.05, 4.69) is 15.0 Å². The first-order valence-corrected chi connectivity index (χ1v) is 7.64. The van der Waals surface area contributed by atoms with Crippen molar-refractivity contribution in [3.63, 3.8) is 0 Å². The van der Waals surface area contributed by atoms with Crippen molar-refractivity contribution in [3.8, 4) is 0 Å². The van der Waals surface area contributed by atoms with Crippen LogP contribution < -0.4 is 5.73 Å². The Labute approximate surface area is 114 Å². The van der Waals surface area contributed by atoms with E-state index in [-0.39, 0.29) is 6.04 Å². The molecule has 2 fully saturated rings. The number of rotatable bonds is 4. The first-order chi connectivity index (χ1) is 9.33. The van der Waals surface area contributed by atoms with Crippen molar-refractivity contribution < 1.29 is 4.52 Å². The third kappa shape index (κ3) is 3.15. The molecule has 1 aromatic rings. The molecule has 1 aromatic heterocycles. The maximum absolute atomic E-state index is 6.19. The average Bonchev–Trinajstić information content (AvgIpc) is 3.10. The van der Waals surface area contributed by atoms with Gasteiger partial charge in [-0.05, 0) is 38.8 Å². The van der Waals surface area contributed by atoms with Crippen molar-refractivity contribution in [2.24, 2.45) is 5.73 Å². The Kier molecular flexibility index (Phi) is 4.13. The molecule has 0 spiro atoms. The third-order valence-electron chi connectivity index (χ3n) is 4.40. The Hall–Kier alpha value is -0.940. The Morgan fingerprint density at radius 3 is 2.63 bits per heavy atom. The molecule has 5 nitrogen and oxygen atoms in total. The van der Waals surface area contributed by atoms with Crippen LogP contribution >= 0.6 is 0 Å². The van der Waals surface area contributed by atoms with Gasteiger partial charge in [-0.3, -0.25) is 0 Å². The van der Waals surface area contributed by atoms with Gasteiger partial charge in [0.05, 0.1) is 6.04 Å². The summed E-state index contributed by atoms with van der Waals surface area (Å²) in [4.78, 5) is 6.94. The summed E-state index contributed by atoms with van der Waals surface area (Å²) in [5.74, 6) is 1.97. The molecule has 1 saturated carbocycles. The summed E-state index contributed by atoms with van der Waals surface area (Å²) in [6, 6.07) is -0.112. The predicted octanol–water partition coefficient (Wildman–Crippen LogP) is 2.21. The van der Waals surface area contributed by atoms with E-state index >= 15 is 0 Å². The second-order valence-electron chi connectivity index (χ2n) is 5.94. The van der Waals surface area contributed by atoms with Gasteiger partial charge in [0.2, 0.25) is 5.89 Å². The molecule has 1 aliphatic carbocycles. The van der Waals surface area contributed by atoms with Crippen LogP contribution in [0.5, 0.6) is 0 Å². The lowest BCUT2D eigenvalue weighted by atomic mass is 9.89. The number of likely N-dealkylation sites (tertiary alicyclic amines) is 1. The SMILES string of the molecule is NC(CN1CCCC1)c1noc(C2CCCCC2)n1. The van der Waals surface area contributed by atoms with E-state index in [4.69, 9.17) is 10.3 Å². The monoisotopic (exact) mass is 264 g/mol. The molecule has 19 heavy (non-hydrogen) atoms. The van der Waals surface area contributed by atoms with Gasteiger partial charge in [0.1, 0.15) is 0 Å². The molecular formula is C14H24N4O. The van der Waals surface area contributed by atoms with Crippen LogP contribution in [-0.4, -0.2) is 34.7 Å². The average molecular weight is 264 g/mol. The van der Waals surface area contributed by atoms with Crippen LogP contribution in [0.1, 0.15) is 68.6 Å². The normalized spacial score (nSPS) is 23.8. The molecule has 5 heteroatoms. The molecule has 2 N–H and O–H groups in total. The van der Waals surface area contributed by atoms with E-state index < -0.39 is 0 Å². The molecule has 0 radical (unpaired) electrons. The highest BCUT2D eigenvalue weighted by molar-refractivity contribution is 4.99. The molecule has 0 bridgehead atoms. The van der Waals surface area contributed by atoms with Crippen molar-refractivity contribution in [2.45, 2.75) is 56.9 Å². The van der Waals surface area contributed by atoms with Crippen molar-refractivity contribution in [1.82, 2.24) is 15.0 Å². The standard InChI is InChI=1S/C14H24N4O/c15-12(10-18-8-4-5-9-18)13-16-14(19-17-13)11-6-2-1-3-7-11/h11-12H,1-10,15H2. The third-order valence-corrected chi connectivity index (χ3v) is 4.40. The second-order valence-corrected chi connectivity index (χ2v) is 5.94. The van der Waals surface area contributed by atoms with E-state index in [0.29, 0.717) is 11.7 Å². The van der Waals surface area contributed by atoms with Crippen LogP contribution in [0, 0.1) is 0 Å². The summed E-state index contributed by atoms with van der Waals surface area (Å²) in [6.45, 7) is 3.16. The first kappa shape index (κ1) is 13.1. The van der Waals surface area contributed by atoms with Crippen LogP contribution in [-0.2, 0) is 0 Å². The topological polar surface area (TPSA) is 68.2 Å². The smallest absolute Gasteiger partial charge is 0.229 e. The molecule has 106 valence electrons. The van der Waals surface area contributed by atoms with Gasteiger partial charge in [-0.2, -0.15) is 4.98 Å². The fraction of sp³-hybridized carbons (Fsp3) is 0.857. The zero-order valence-corrected chi connectivity index (χ0v) is 11.6. The van der Waals surface area contributed by atoms with Crippen LogP contribution in [0.3, 0.4) is 0 Å². The lowest BCUT2D eigenvalue weighted by molar-refractivity contribution is 0.297. The lowest BCUT2D eigenvalue weighted by Crippen LogP contribution is -2.30. The summed E-state index contributed by atoms with van der Waals surface area (Å²) < 4.78 is 5.43. The zero-order valence-electron chi connectivity index (χ0n) is 11.6. The fourth-order valence-electron chi connectivity index (χ4n) is 3.24. The molecule has 2 aliphatic rings. The molecule has 3 rings (SSSR count). The quantitative estimate of drug-likeness (QED) is 0.903. The van der Waals surface area contributed by atoms with E-state index in [1.807, 2.05) is 0 Å². The minimum Gasteiger partial charge on any atom is -0.339 e. The van der Waals surface area contributed by atoms with Crippen molar-refractivity contribution in [3.05, 3.63) is 11.7 Å². The van der Waals surface area contributed by atoms with Gasteiger partial charge < -0.3 is 15.2 Å². The van der Waals surface area contributed by atoms with Crippen LogP contribution in [0.15, 0.2) is 4.52 Å². The maximum atomic E-state index is 6.19. The van der Waals surface area contributed by atoms with E-state index in [1.165, 1.54) is 44.9 Å². The summed E-state index contributed by atoms with van der Waals surface area (Å²) >= 11 is 0. The van der Waals surface area contributed by atoms with Gasteiger partial charge in [0.25, 0.3) is 0 Å². The second kappa shape index (κ2) is 6.01. The Morgan fingerprint density at radius 2 is 1.89 bits per heavy atom. The Morgan fingerprint density at radius 1 is 1.16 bits per heavy atom. The zero-order chi connectivity index (χ0) is 13.1. The Bertz CT molecular complexity index is 394. The number of aromatic nitrogens is 2. The maximum Gasteiger partial charge on any atom is 0.229 e. The lowest BCUT2D eigenvalue weighted by Gasteiger charge is -2.18. The van der Waals surface area contributed by atoms with Gasteiger partial charge >= 0.3 is 0 Å². The highest BCUT2D eigenvalue weighted by Crippen LogP contribution is 2.31. The van der Waals surface area contributed by atoms with Crippen LogP contribution in [0.4, 0.5) is 0 Å². The highest BCUT2D eigenvalue weighted by Gasteiger charge is 2.24. The van der Waals surface area contributed by atoms with Crippen molar-refractivity contribution >= 4 is 0 Å². The minimum absolute atomic E-state index is 0.112. The number of hydrogen-bond acceptors (Lipinski definition) is 5. The van der Waals surface area contributed by atoms with E-state index in [0.717, 1.165) is 25.5 Å². The van der Waals surface area contributed by atoms with Crippen LogP contribution in [0.25, 0.3) is 0 Å². The van der Waals surface area contributed by atoms with Gasteiger partial charge in [-0.15, -0.1) is 0 Å². The molecule has 1 atom stereocenters. The molecule has 2 heterocycles. The minimum atomic E-state index is -0.112. The number of nitrogens with two attached hydrogens (primary N) is 1.